The van der Waals surface area contributed by atoms with E-state index in [1.807, 2.05) is 0 Å². The van der Waals surface area contributed by atoms with E-state index < -0.39 is 69.2 Å². The number of aromatic nitrogens is 2. The number of hydrogen-bond donors (Lipinski definition) is 0. The van der Waals surface area contributed by atoms with Gasteiger partial charge in [0.1, 0.15) is 1.37 Å². The Hall–Kier alpha value is -1.32. The van der Waals surface area contributed by atoms with Crippen molar-refractivity contribution in [1.82, 2.24) is 9.55 Å². The molecule has 2 atom stereocenters. The smallest absolute Gasteiger partial charge is 0.309 e. The minimum atomic E-state index is -3.04. The molecule has 0 radical (unpaired) electrons. The summed E-state index contributed by atoms with van der Waals surface area (Å²) in [4.78, 5) is 15.3. The third kappa shape index (κ3) is 1.89. The lowest BCUT2D eigenvalue weighted by Gasteiger charge is -2.12. The van der Waals surface area contributed by atoms with Gasteiger partial charge in [-0.15, -0.1) is 0 Å². The van der Waals surface area contributed by atoms with Crippen LogP contribution in [0, 0.1) is 11.8 Å². The Morgan fingerprint density at radius 1 is 2.00 bits per heavy atom. The van der Waals surface area contributed by atoms with Crippen molar-refractivity contribution < 1.29 is 24.6 Å². The normalized spacial score (nSPS) is 43.9. The second-order valence-corrected chi connectivity index (χ2v) is 3.01. The number of carbonyl (C=O) groups excluding carboxylic acids is 1. The van der Waals surface area contributed by atoms with E-state index in [0.29, 0.717) is 0 Å². The molecule has 4 heteroatoms. The lowest BCUT2D eigenvalue weighted by Crippen LogP contribution is -2.18. The number of cyclic esters (lactones) is 1. The predicted octanol–water partition coefficient (Wildman–Crippen LogP) is 1.16. The molecule has 0 N–H and O–H groups in total. The van der Waals surface area contributed by atoms with Crippen LogP contribution in [0.25, 0.3) is 0 Å². The SMILES string of the molecule is [2H]c1nc([2H])n(C([2H])([2H])[2H])c1C([2H])([2H])[C@H]1COC(=O)[C@@]1([2H])CC([2H])([2H])[2H]. The van der Waals surface area contributed by atoms with Crippen molar-refractivity contribution in [3.63, 3.8) is 0 Å². The summed E-state index contributed by atoms with van der Waals surface area (Å²) in [6.07, 6.45) is -5.57. The first-order valence-electron chi connectivity index (χ1n) is 9.76. The minimum Gasteiger partial charge on any atom is -0.465 e. The zero-order valence-corrected chi connectivity index (χ0v) is 7.70. The summed E-state index contributed by atoms with van der Waals surface area (Å²) in [7, 11) is 0. The predicted molar refractivity (Wildman–Crippen MR) is 55.1 cm³/mol. The van der Waals surface area contributed by atoms with Crippen molar-refractivity contribution in [3.05, 3.63) is 18.2 Å². The molecule has 0 bridgehead atoms. The van der Waals surface area contributed by atoms with Gasteiger partial charge in [-0.05, 0) is 12.8 Å². The first kappa shape index (κ1) is 3.34. The highest BCUT2D eigenvalue weighted by Crippen LogP contribution is 2.27. The largest absolute Gasteiger partial charge is 0.465 e. The molecular weight excluding hydrogens is 192 g/mol. The van der Waals surface area contributed by atoms with Crippen molar-refractivity contribution >= 4 is 5.97 Å². The fourth-order valence-corrected chi connectivity index (χ4v) is 1.31. The lowest BCUT2D eigenvalue weighted by atomic mass is 9.89. The molecule has 2 heterocycles. The highest BCUT2D eigenvalue weighted by atomic mass is 16.5. The molecule has 1 aliphatic heterocycles. The highest BCUT2D eigenvalue weighted by molar-refractivity contribution is 5.74. The van der Waals surface area contributed by atoms with Gasteiger partial charge in [-0.25, -0.2) is 4.98 Å². The van der Waals surface area contributed by atoms with Gasteiger partial charge < -0.3 is 9.30 Å². The highest BCUT2D eigenvalue weighted by Gasteiger charge is 2.35. The average Bonchev–Trinajstić information content (AvgIpc) is 2.85. The van der Waals surface area contributed by atoms with Gasteiger partial charge in [-0.3, -0.25) is 4.79 Å². The zero-order valence-electron chi connectivity index (χ0n) is 18.7. The molecule has 1 saturated heterocycles. The maximum absolute atomic E-state index is 12.0. The van der Waals surface area contributed by atoms with Crippen LogP contribution in [0.3, 0.4) is 0 Å². The minimum absolute atomic E-state index is 0.230. The van der Waals surface area contributed by atoms with Crippen LogP contribution < -0.4 is 0 Å². The second kappa shape index (κ2) is 4.04. The summed E-state index contributed by atoms with van der Waals surface area (Å²) >= 11 is 0. The van der Waals surface area contributed by atoms with Crippen LogP contribution in [0.5, 0.6) is 0 Å². The van der Waals surface area contributed by atoms with Crippen molar-refractivity contribution in [1.29, 1.82) is 0 Å². The van der Waals surface area contributed by atoms with Gasteiger partial charge in [0.05, 0.1) is 20.2 Å². The summed E-state index contributed by atoms with van der Waals surface area (Å²) in [5, 5.41) is 0. The van der Waals surface area contributed by atoms with Crippen LogP contribution in [-0.2, 0) is 22.9 Å². The third-order valence-corrected chi connectivity index (χ3v) is 2.10. The maximum Gasteiger partial charge on any atom is 0.309 e. The van der Waals surface area contributed by atoms with E-state index >= 15 is 0 Å². The number of rotatable bonds is 3. The summed E-state index contributed by atoms with van der Waals surface area (Å²) in [5.41, 5.74) is -0.826. The summed E-state index contributed by atoms with van der Waals surface area (Å²) in [5.74, 6) is -5.45. The molecule has 4 nitrogen and oxygen atoms in total. The Bertz CT molecular complexity index is 723. The van der Waals surface area contributed by atoms with Gasteiger partial charge in [-0.2, -0.15) is 0 Å². The molecule has 0 aromatic carbocycles. The maximum atomic E-state index is 12.0. The van der Waals surface area contributed by atoms with Gasteiger partial charge in [0, 0.05) is 37.1 Å². The molecule has 1 aromatic heterocycles. The monoisotopic (exact) mass is 219 g/mol. The Balaban J connectivity index is 2.62. The zero-order chi connectivity index (χ0) is 20.3. The number of esters is 1. The van der Waals surface area contributed by atoms with E-state index in [0.717, 1.165) is 0 Å². The van der Waals surface area contributed by atoms with E-state index in [-0.39, 0.29) is 4.57 Å². The van der Waals surface area contributed by atoms with Gasteiger partial charge in [-0.1, -0.05) is 6.85 Å². The number of carbonyl (C=O) groups is 1. The molecule has 1 aromatic rings. The first-order valence-corrected chi connectivity index (χ1v) is 4.26. The van der Waals surface area contributed by atoms with E-state index in [9.17, 15) is 4.79 Å². The van der Waals surface area contributed by atoms with E-state index in [2.05, 4.69) is 4.98 Å². The second-order valence-electron chi connectivity index (χ2n) is 3.01. The molecule has 0 spiro atoms. The average molecular weight is 219 g/mol. The Morgan fingerprint density at radius 3 is 3.73 bits per heavy atom. The molecule has 1 fully saturated rings. The van der Waals surface area contributed by atoms with Crippen LogP contribution in [-0.4, -0.2) is 22.1 Å². The van der Waals surface area contributed by atoms with E-state index in [4.69, 9.17) is 19.8 Å². The van der Waals surface area contributed by atoms with Gasteiger partial charge >= 0.3 is 5.97 Å². The van der Waals surface area contributed by atoms with Crippen LogP contribution in [0.1, 0.15) is 34.0 Å². The third-order valence-electron chi connectivity index (χ3n) is 2.10. The number of ether oxygens (including phenoxy) is 1. The molecule has 1 aliphatic rings. The number of nitrogens with zero attached hydrogens (tertiary/aromatic N) is 2. The molecule has 0 saturated carbocycles. The molecule has 2 rings (SSSR count). The van der Waals surface area contributed by atoms with Crippen molar-refractivity contribution in [2.75, 3.05) is 6.61 Å². The van der Waals surface area contributed by atoms with E-state index in [1.165, 1.54) is 0 Å². The van der Waals surface area contributed by atoms with E-state index in [1.54, 1.807) is 0 Å². The van der Waals surface area contributed by atoms with Crippen molar-refractivity contribution in [3.8, 4) is 0 Å². The summed E-state index contributed by atoms with van der Waals surface area (Å²) < 4.78 is 89.4. The topological polar surface area (TPSA) is 44.1 Å². The van der Waals surface area contributed by atoms with Gasteiger partial charge in [0.15, 0.2) is 0 Å². The molecule has 15 heavy (non-hydrogen) atoms. The summed E-state index contributed by atoms with van der Waals surface area (Å²) in [6, 6.07) is 0. The van der Waals surface area contributed by atoms with Crippen LogP contribution in [0.2, 0.25) is 0 Å². The number of imidazole rings is 1. The van der Waals surface area contributed by atoms with Gasteiger partial charge in [0.25, 0.3) is 0 Å². The Labute approximate surface area is 105 Å². The first-order chi connectivity index (χ1) is 11.5. The van der Waals surface area contributed by atoms with Crippen LogP contribution in [0.15, 0.2) is 12.5 Å². The quantitative estimate of drug-likeness (QED) is 0.717. The number of hydrogen-bond acceptors (Lipinski definition) is 3. The van der Waals surface area contributed by atoms with Crippen molar-refractivity contribution in [2.45, 2.75) is 19.6 Å². The standard InChI is InChI=1S/C11H16N2O2/c1-3-10-8(6-15-11(10)14)4-9-5-12-7-13(9)2/h5,7-8,10H,3-4,6H2,1-2H3/t8-,10-/m0/s1/i1D3,2D3,4D2,5D,7D,10D. The lowest BCUT2D eigenvalue weighted by molar-refractivity contribution is -0.141. The Kier molecular flexibility index (Phi) is 0.899. The fourth-order valence-electron chi connectivity index (χ4n) is 1.31. The molecule has 0 amide bonds. The van der Waals surface area contributed by atoms with Crippen LogP contribution >= 0.6 is 0 Å². The molecule has 82 valence electrons. The fraction of sp³-hybridized carbons (Fsp3) is 0.636. The molecule has 0 unspecified atom stereocenters. The molecule has 0 aliphatic carbocycles. The van der Waals surface area contributed by atoms with Crippen LogP contribution in [0.4, 0.5) is 0 Å². The van der Waals surface area contributed by atoms with Crippen molar-refractivity contribution in [2.24, 2.45) is 18.8 Å². The Morgan fingerprint density at radius 2 is 2.93 bits per heavy atom. The van der Waals surface area contributed by atoms with Gasteiger partial charge in [0.2, 0.25) is 0 Å². The summed E-state index contributed by atoms with van der Waals surface area (Å²) in [6.45, 7) is -6.44. The molecular formula is C11H16N2O2.